The highest BCUT2D eigenvalue weighted by Gasteiger charge is 2.22. The van der Waals surface area contributed by atoms with Gasteiger partial charge in [0.2, 0.25) is 0 Å². The number of aromatic nitrogens is 4. The second kappa shape index (κ2) is 5.76. The van der Waals surface area contributed by atoms with E-state index in [1.807, 2.05) is 30.3 Å². The number of nitrogens with one attached hydrogen (secondary N) is 1. The molecule has 1 unspecified atom stereocenters. The van der Waals surface area contributed by atoms with Crippen LogP contribution in [0, 0.1) is 0 Å². The van der Waals surface area contributed by atoms with Crippen LogP contribution in [0.25, 0.3) is 0 Å². The number of fused-ring (bicyclic) bond motifs is 1. The molecule has 1 atom stereocenters. The fourth-order valence-corrected chi connectivity index (χ4v) is 2.88. The molecule has 20 heavy (non-hydrogen) atoms. The van der Waals surface area contributed by atoms with Crippen LogP contribution in [0.3, 0.4) is 0 Å². The number of aryl methyl sites for hydroxylation is 1. The van der Waals surface area contributed by atoms with E-state index in [2.05, 4.69) is 15.5 Å². The zero-order valence-corrected chi connectivity index (χ0v) is 11.8. The summed E-state index contributed by atoms with van der Waals surface area (Å²) in [6.45, 7) is 1.47. The Morgan fingerprint density at radius 2 is 2.30 bits per heavy atom. The summed E-state index contributed by atoms with van der Waals surface area (Å²) in [5.41, 5.74) is 3.83. The Morgan fingerprint density at radius 3 is 3.15 bits per heavy atom. The normalized spacial score (nSPS) is 18.2. The van der Waals surface area contributed by atoms with E-state index in [9.17, 15) is 0 Å². The molecule has 0 aliphatic heterocycles. The molecule has 2 heterocycles. The number of rotatable bonds is 5. The van der Waals surface area contributed by atoms with E-state index in [0.29, 0.717) is 12.6 Å². The molecule has 2 aromatic rings. The minimum atomic E-state index is 0.121. The molecule has 0 amide bonds. The highest BCUT2D eigenvalue weighted by molar-refractivity contribution is 5.24. The van der Waals surface area contributed by atoms with Crippen molar-refractivity contribution in [1.82, 2.24) is 24.9 Å². The molecule has 6 nitrogen and oxygen atoms in total. The van der Waals surface area contributed by atoms with E-state index >= 15 is 0 Å². The third-order valence-electron chi connectivity index (χ3n) is 3.94. The Kier molecular flexibility index (Phi) is 3.84. The Labute approximate surface area is 118 Å². The first kappa shape index (κ1) is 13.3. The average Bonchev–Trinajstić information content (AvgIpc) is 3.05. The molecule has 0 spiro atoms. The predicted molar refractivity (Wildman–Crippen MR) is 75.0 cm³/mol. The van der Waals surface area contributed by atoms with E-state index in [1.165, 1.54) is 17.7 Å². The monoisotopic (exact) mass is 275 g/mol. The van der Waals surface area contributed by atoms with Crippen LogP contribution in [0.5, 0.6) is 0 Å². The third-order valence-corrected chi connectivity index (χ3v) is 3.94. The summed E-state index contributed by atoms with van der Waals surface area (Å²) in [6.07, 6.45) is 9.31. The van der Waals surface area contributed by atoms with E-state index in [-0.39, 0.29) is 6.61 Å². The van der Waals surface area contributed by atoms with Gasteiger partial charge in [0.25, 0.3) is 0 Å². The lowest BCUT2D eigenvalue weighted by Crippen LogP contribution is -2.24. The van der Waals surface area contributed by atoms with E-state index in [4.69, 9.17) is 5.11 Å². The maximum atomic E-state index is 8.89. The summed E-state index contributed by atoms with van der Waals surface area (Å²) in [7, 11) is 2.01. The van der Waals surface area contributed by atoms with Gasteiger partial charge in [-0.25, -0.2) is 0 Å². The minimum absolute atomic E-state index is 0.121. The maximum Gasteiger partial charge on any atom is 0.0640 e. The predicted octanol–water partition coefficient (Wildman–Crippen LogP) is 0.776. The molecule has 2 N–H and O–H groups in total. The van der Waals surface area contributed by atoms with Crippen LogP contribution in [0.4, 0.5) is 0 Å². The number of aliphatic hydroxyl groups is 1. The smallest absolute Gasteiger partial charge is 0.0640 e. The van der Waals surface area contributed by atoms with Crippen molar-refractivity contribution in [3.63, 3.8) is 0 Å². The van der Waals surface area contributed by atoms with Crippen LogP contribution < -0.4 is 5.32 Å². The number of nitrogens with zero attached hydrogens (tertiary/aromatic N) is 4. The Balaban J connectivity index is 1.64. The van der Waals surface area contributed by atoms with Gasteiger partial charge in [0, 0.05) is 42.7 Å². The van der Waals surface area contributed by atoms with Gasteiger partial charge in [-0.2, -0.15) is 10.2 Å². The second-order valence-electron chi connectivity index (χ2n) is 5.33. The summed E-state index contributed by atoms with van der Waals surface area (Å²) in [5.74, 6) is 0. The van der Waals surface area contributed by atoms with E-state index in [0.717, 1.165) is 24.9 Å². The van der Waals surface area contributed by atoms with Crippen LogP contribution in [0.2, 0.25) is 0 Å². The van der Waals surface area contributed by atoms with Gasteiger partial charge in [-0.1, -0.05) is 0 Å². The van der Waals surface area contributed by atoms with Crippen molar-refractivity contribution >= 4 is 0 Å². The molecular weight excluding hydrogens is 254 g/mol. The van der Waals surface area contributed by atoms with Gasteiger partial charge in [-0.3, -0.25) is 9.36 Å². The average molecular weight is 275 g/mol. The molecule has 2 aromatic heterocycles. The molecule has 108 valence electrons. The molecule has 0 saturated carbocycles. The number of aliphatic hydroxyl groups excluding tert-OH is 1. The van der Waals surface area contributed by atoms with Crippen LogP contribution in [-0.4, -0.2) is 31.3 Å². The van der Waals surface area contributed by atoms with Crippen LogP contribution >= 0.6 is 0 Å². The summed E-state index contributed by atoms with van der Waals surface area (Å²) in [6, 6.07) is 0.383. The van der Waals surface area contributed by atoms with Crippen molar-refractivity contribution in [3.05, 3.63) is 35.4 Å². The molecule has 1 aliphatic rings. The summed E-state index contributed by atoms with van der Waals surface area (Å²) < 4.78 is 3.76. The quantitative estimate of drug-likeness (QED) is 0.846. The first-order valence-electron chi connectivity index (χ1n) is 7.14. The summed E-state index contributed by atoms with van der Waals surface area (Å²) >= 11 is 0. The van der Waals surface area contributed by atoms with Gasteiger partial charge < -0.3 is 10.4 Å². The highest BCUT2D eigenvalue weighted by Crippen LogP contribution is 2.29. The lowest BCUT2D eigenvalue weighted by Gasteiger charge is -2.23. The first-order chi connectivity index (χ1) is 9.78. The molecule has 6 heteroatoms. The van der Waals surface area contributed by atoms with Gasteiger partial charge >= 0.3 is 0 Å². The van der Waals surface area contributed by atoms with Crippen LogP contribution in [-0.2, 0) is 26.6 Å². The molecule has 0 saturated heterocycles. The zero-order chi connectivity index (χ0) is 13.9. The molecule has 0 fully saturated rings. The van der Waals surface area contributed by atoms with Crippen molar-refractivity contribution in [3.8, 4) is 0 Å². The summed E-state index contributed by atoms with van der Waals surface area (Å²) in [5, 5.41) is 21.1. The molecule has 0 radical (unpaired) electrons. The second-order valence-corrected chi connectivity index (χ2v) is 5.33. The Hall–Kier alpha value is -1.66. The minimum Gasteiger partial charge on any atom is -0.394 e. The third kappa shape index (κ3) is 2.62. The number of hydrogen-bond acceptors (Lipinski definition) is 4. The SMILES string of the molecule is Cn1ncc2c1CCCC2NCc1cnn(CCO)c1. The molecule has 3 rings (SSSR count). The fourth-order valence-electron chi connectivity index (χ4n) is 2.88. The van der Waals surface area contributed by atoms with E-state index in [1.54, 1.807) is 4.68 Å². The van der Waals surface area contributed by atoms with Gasteiger partial charge in [0.05, 0.1) is 25.5 Å². The molecule has 1 aliphatic carbocycles. The zero-order valence-electron chi connectivity index (χ0n) is 11.8. The van der Waals surface area contributed by atoms with Crippen molar-refractivity contribution in [2.24, 2.45) is 7.05 Å². The highest BCUT2D eigenvalue weighted by atomic mass is 16.3. The maximum absolute atomic E-state index is 8.89. The van der Waals surface area contributed by atoms with Gasteiger partial charge in [-0.05, 0) is 19.3 Å². The van der Waals surface area contributed by atoms with Gasteiger partial charge in [-0.15, -0.1) is 0 Å². The van der Waals surface area contributed by atoms with Crippen LogP contribution in [0.1, 0.15) is 35.7 Å². The molecular formula is C14H21N5O. The summed E-state index contributed by atoms with van der Waals surface area (Å²) in [4.78, 5) is 0. The van der Waals surface area contributed by atoms with Crippen molar-refractivity contribution in [2.75, 3.05) is 6.61 Å². The largest absolute Gasteiger partial charge is 0.394 e. The molecule has 0 aromatic carbocycles. The van der Waals surface area contributed by atoms with Crippen molar-refractivity contribution in [2.45, 2.75) is 38.4 Å². The van der Waals surface area contributed by atoms with Gasteiger partial charge in [0.1, 0.15) is 0 Å². The fraction of sp³-hybridized carbons (Fsp3) is 0.571. The van der Waals surface area contributed by atoms with Gasteiger partial charge in [0.15, 0.2) is 0 Å². The number of hydrogen-bond donors (Lipinski definition) is 2. The lowest BCUT2D eigenvalue weighted by molar-refractivity contribution is 0.269. The van der Waals surface area contributed by atoms with Crippen molar-refractivity contribution < 1.29 is 5.11 Å². The lowest BCUT2D eigenvalue weighted by atomic mass is 9.93. The van der Waals surface area contributed by atoms with Crippen LogP contribution in [0.15, 0.2) is 18.6 Å². The Morgan fingerprint density at radius 1 is 1.40 bits per heavy atom. The molecule has 0 bridgehead atoms. The van der Waals surface area contributed by atoms with E-state index < -0.39 is 0 Å². The Bertz CT molecular complexity index is 574. The standard InChI is InChI=1S/C14H21N5O/c1-18-14-4-2-3-13(12(14)9-16-18)15-7-11-8-17-19(10-11)5-6-20/h8-10,13,15,20H,2-7H2,1H3. The topological polar surface area (TPSA) is 67.9 Å². The first-order valence-corrected chi connectivity index (χ1v) is 7.14. The van der Waals surface area contributed by atoms with Crippen molar-refractivity contribution in [1.29, 1.82) is 0 Å².